The van der Waals surface area contributed by atoms with Gasteiger partial charge in [-0.3, -0.25) is 0 Å². The van der Waals surface area contributed by atoms with Crippen LogP contribution in [0, 0.1) is 12.7 Å². The van der Waals surface area contributed by atoms with Gasteiger partial charge in [-0.25, -0.2) is 19.2 Å². The van der Waals surface area contributed by atoms with E-state index in [9.17, 15) is 9.18 Å². The Labute approximate surface area is 116 Å². The standard InChI is InChI=1S/C15H15FN2O2/c1-3-4-13-11(15(19)20)8-17-14(18-13)10-5-6-12(16)9(2)7-10/h5-8H,3-4H2,1-2H3,(H,19,20). The molecule has 0 saturated heterocycles. The summed E-state index contributed by atoms with van der Waals surface area (Å²) >= 11 is 0. The molecule has 2 rings (SSSR count). The number of aromatic carboxylic acids is 1. The normalized spacial score (nSPS) is 10.6. The van der Waals surface area contributed by atoms with E-state index in [1.54, 1.807) is 19.1 Å². The van der Waals surface area contributed by atoms with Crippen molar-refractivity contribution < 1.29 is 14.3 Å². The van der Waals surface area contributed by atoms with Crippen LogP contribution in [0.25, 0.3) is 11.4 Å². The van der Waals surface area contributed by atoms with Crippen molar-refractivity contribution in [3.05, 3.63) is 47.0 Å². The number of carboxylic acids is 1. The van der Waals surface area contributed by atoms with E-state index in [1.807, 2.05) is 6.92 Å². The lowest BCUT2D eigenvalue weighted by atomic mass is 10.1. The largest absolute Gasteiger partial charge is 0.478 e. The summed E-state index contributed by atoms with van der Waals surface area (Å²) in [5.74, 6) is -0.901. The third-order valence-electron chi connectivity index (χ3n) is 3.00. The quantitative estimate of drug-likeness (QED) is 0.929. The summed E-state index contributed by atoms with van der Waals surface area (Å²) in [6, 6.07) is 4.60. The average molecular weight is 274 g/mol. The van der Waals surface area contributed by atoms with Crippen LogP contribution in [-0.4, -0.2) is 21.0 Å². The second-order valence-electron chi connectivity index (χ2n) is 4.57. The van der Waals surface area contributed by atoms with Crippen molar-refractivity contribution in [2.24, 2.45) is 0 Å². The number of hydrogen-bond acceptors (Lipinski definition) is 3. The molecule has 0 aliphatic carbocycles. The number of carbonyl (C=O) groups is 1. The predicted octanol–water partition coefficient (Wildman–Crippen LogP) is 3.24. The maximum absolute atomic E-state index is 13.3. The summed E-state index contributed by atoms with van der Waals surface area (Å²) in [7, 11) is 0. The summed E-state index contributed by atoms with van der Waals surface area (Å²) in [6.45, 7) is 3.62. The Morgan fingerprint density at radius 2 is 2.15 bits per heavy atom. The highest BCUT2D eigenvalue weighted by molar-refractivity contribution is 5.88. The van der Waals surface area contributed by atoms with E-state index in [-0.39, 0.29) is 11.4 Å². The van der Waals surface area contributed by atoms with Crippen molar-refractivity contribution in [2.45, 2.75) is 26.7 Å². The molecule has 0 saturated carbocycles. The van der Waals surface area contributed by atoms with E-state index >= 15 is 0 Å². The fourth-order valence-electron chi connectivity index (χ4n) is 1.95. The third kappa shape index (κ3) is 2.82. The van der Waals surface area contributed by atoms with Crippen LogP contribution in [0.1, 0.15) is 35.0 Å². The van der Waals surface area contributed by atoms with Crippen molar-refractivity contribution in [2.75, 3.05) is 0 Å². The molecule has 1 heterocycles. The Morgan fingerprint density at radius 3 is 2.75 bits per heavy atom. The van der Waals surface area contributed by atoms with Gasteiger partial charge in [-0.05, 0) is 37.1 Å². The van der Waals surface area contributed by atoms with Crippen LogP contribution < -0.4 is 0 Å². The summed E-state index contributed by atoms with van der Waals surface area (Å²) in [6.07, 6.45) is 2.67. The first-order chi connectivity index (χ1) is 9.52. The average Bonchev–Trinajstić information content (AvgIpc) is 2.42. The van der Waals surface area contributed by atoms with Crippen molar-refractivity contribution in [1.29, 1.82) is 0 Å². The van der Waals surface area contributed by atoms with E-state index in [2.05, 4.69) is 9.97 Å². The van der Waals surface area contributed by atoms with Gasteiger partial charge in [0, 0.05) is 11.8 Å². The molecule has 104 valence electrons. The van der Waals surface area contributed by atoms with Gasteiger partial charge in [0.05, 0.1) is 11.3 Å². The molecule has 0 spiro atoms. The molecule has 0 atom stereocenters. The van der Waals surface area contributed by atoms with Gasteiger partial charge >= 0.3 is 5.97 Å². The molecule has 0 bridgehead atoms. The van der Waals surface area contributed by atoms with E-state index in [0.717, 1.165) is 6.42 Å². The number of carboxylic acid groups (broad SMARTS) is 1. The minimum atomic E-state index is -1.03. The summed E-state index contributed by atoms with van der Waals surface area (Å²) < 4.78 is 13.3. The first-order valence-electron chi connectivity index (χ1n) is 6.38. The second kappa shape index (κ2) is 5.77. The molecular formula is C15H15FN2O2. The first kappa shape index (κ1) is 14.1. The second-order valence-corrected chi connectivity index (χ2v) is 4.57. The van der Waals surface area contributed by atoms with Crippen molar-refractivity contribution in [3.8, 4) is 11.4 Å². The van der Waals surface area contributed by atoms with Crippen LogP contribution in [0.3, 0.4) is 0 Å². The molecule has 1 aromatic carbocycles. The van der Waals surface area contributed by atoms with Crippen LogP contribution in [0.5, 0.6) is 0 Å². The van der Waals surface area contributed by atoms with Crippen molar-refractivity contribution in [1.82, 2.24) is 9.97 Å². The zero-order valence-electron chi connectivity index (χ0n) is 11.4. The Hall–Kier alpha value is -2.30. The molecular weight excluding hydrogens is 259 g/mol. The summed E-state index contributed by atoms with van der Waals surface area (Å²) in [4.78, 5) is 19.5. The molecule has 0 unspecified atom stereocenters. The molecule has 20 heavy (non-hydrogen) atoms. The van der Waals surface area contributed by atoms with E-state index < -0.39 is 5.97 Å². The van der Waals surface area contributed by atoms with Crippen LogP contribution in [-0.2, 0) is 6.42 Å². The predicted molar refractivity (Wildman–Crippen MR) is 73.1 cm³/mol. The smallest absolute Gasteiger partial charge is 0.339 e. The van der Waals surface area contributed by atoms with Crippen LogP contribution >= 0.6 is 0 Å². The highest BCUT2D eigenvalue weighted by Crippen LogP contribution is 2.20. The number of nitrogens with zero attached hydrogens (tertiary/aromatic N) is 2. The number of hydrogen-bond donors (Lipinski definition) is 1. The Kier molecular flexibility index (Phi) is 4.08. The molecule has 1 aromatic heterocycles. The SMILES string of the molecule is CCCc1nc(-c2ccc(F)c(C)c2)ncc1C(=O)O. The van der Waals surface area contributed by atoms with Gasteiger partial charge in [-0.2, -0.15) is 0 Å². The Morgan fingerprint density at radius 1 is 1.40 bits per heavy atom. The van der Waals surface area contributed by atoms with E-state index in [4.69, 9.17) is 5.11 Å². The van der Waals surface area contributed by atoms with Crippen LogP contribution in [0.15, 0.2) is 24.4 Å². The molecule has 0 amide bonds. The monoisotopic (exact) mass is 274 g/mol. The summed E-state index contributed by atoms with van der Waals surface area (Å²) in [5.41, 5.74) is 1.81. The number of halogens is 1. The topological polar surface area (TPSA) is 63.1 Å². The van der Waals surface area contributed by atoms with Crippen LogP contribution in [0.4, 0.5) is 4.39 Å². The zero-order chi connectivity index (χ0) is 14.7. The lowest BCUT2D eigenvalue weighted by Crippen LogP contribution is -2.07. The molecule has 1 N–H and O–H groups in total. The molecule has 0 aliphatic rings. The number of aryl methyl sites for hydroxylation is 2. The van der Waals surface area contributed by atoms with Gasteiger partial charge in [-0.1, -0.05) is 13.3 Å². The van der Waals surface area contributed by atoms with Gasteiger partial charge in [0.2, 0.25) is 0 Å². The molecule has 2 aromatic rings. The molecule has 5 heteroatoms. The maximum atomic E-state index is 13.3. The lowest BCUT2D eigenvalue weighted by Gasteiger charge is -2.07. The van der Waals surface area contributed by atoms with Gasteiger partial charge in [0.15, 0.2) is 5.82 Å². The summed E-state index contributed by atoms with van der Waals surface area (Å²) in [5, 5.41) is 9.10. The van der Waals surface area contributed by atoms with Crippen molar-refractivity contribution >= 4 is 5.97 Å². The molecule has 0 aliphatic heterocycles. The molecule has 0 radical (unpaired) electrons. The van der Waals surface area contributed by atoms with Crippen LogP contribution in [0.2, 0.25) is 0 Å². The third-order valence-corrected chi connectivity index (χ3v) is 3.00. The van der Waals surface area contributed by atoms with Gasteiger partial charge in [0.1, 0.15) is 5.82 Å². The number of rotatable bonds is 4. The Balaban J connectivity index is 2.49. The zero-order valence-corrected chi connectivity index (χ0v) is 11.4. The maximum Gasteiger partial charge on any atom is 0.339 e. The fraction of sp³-hybridized carbons (Fsp3) is 0.267. The number of benzene rings is 1. The molecule has 0 fully saturated rings. The van der Waals surface area contributed by atoms with E-state index in [0.29, 0.717) is 29.1 Å². The fourth-order valence-corrected chi connectivity index (χ4v) is 1.95. The Bertz CT molecular complexity index is 656. The van der Waals surface area contributed by atoms with Gasteiger partial charge in [-0.15, -0.1) is 0 Å². The minimum Gasteiger partial charge on any atom is -0.478 e. The highest BCUT2D eigenvalue weighted by Gasteiger charge is 2.14. The lowest BCUT2D eigenvalue weighted by molar-refractivity contribution is 0.0694. The minimum absolute atomic E-state index is 0.120. The first-order valence-corrected chi connectivity index (χ1v) is 6.38. The van der Waals surface area contributed by atoms with E-state index in [1.165, 1.54) is 12.3 Å². The van der Waals surface area contributed by atoms with Gasteiger partial charge < -0.3 is 5.11 Å². The molecule has 4 nitrogen and oxygen atoms in total. The van der Waals surface area contributed by atoms with Gasteiger partial charge in [0.25, 0.3) is 0 Å². The van der Waals surface area contributed by atoms with Crippen molar-refractivity contribution in [3.63, 3.8) is 0 Å². The highest BCUT2D eigenvalue weighted by atomic mass is 19.1. The number of aromatic nitrogens is 2.